The summed E-state index contributed by atoms with van der Waals surface area (Å²) in [5.41, 5.74) is 10.8. The summed E-state index contributed by atoms with van der Waals surface area (Å²) in [7, 11) is 0. The highest BCUT2D eigenvalue weighted by Crippen LogP contribution is 2.40. The first-order chi connectivity index (χ1) is 9.70. The van der Waals surface area contributed by atoms with Crippen molar-refractivity contribution in [3.05, 3.63) is 58.1 Å². The molecule has 104 valence electrons. The fourth-order valence-electron chi connectivity index (χ4n) is 2.93. The number of rotatable bonds is 2. The molecule has 0 saturated heterocycles. The molecule has 0 spiro atoms. The van der Waals surface area contributed by atoms with E-state index >= 15 is 0 Å². The van der Waals surface area contributed by atoms with Gasteiger partial charge in [0.2, 0.25) is 0 Å². The van der Waals surface area contributed by atoms with Crippen LogP contribution in [0, 0.1) is 0 Å². The number of nitrogens with two attached hydrogens (primary N) is 1. The summed E-state index contributed by atoms with van der Waals surface area (Å²) in [6.07, 6.45) is 2.34. The molecule has 1 unspecified atom stereocenters. The lowest BCUT2D eigenvalue weighted by Crippen LogP contribution is -2.33. The summed E-state index contributed by atoms with van der Waals surface area (Å²) in [4.78, 5) is 2.43. The fourth-order valence-corrected chi connectivity index (χ4v) is 3.55. The number of halogens is 1. The maximum Gasteiger partial charge on any atom is 0.0557 e. The van der Waals surface area contributed by atoms with Crippen molar-refractivity contribution >= 4 is 27.3 Å². The zero-order chi connectivity index (χ0) is 14.1. The second-order valence-corrected chi connectivity index (χ2v) is 6.23. The highest BCUT2D eigenvalue weighted by molar-refractivity contribution is 9.10. The lowest BCUT2D eigenvalue weighted by Gasteiger charge is -2.37. The van der Waals surface area contributed by atoms with Crippen molar-refractivity contribution < 1.29 is 0 Å². The number of para-hydroxylation sites is 1. The first-order valence-electron chi connectivity index (χ1n) is 7.06. The number of benzene rings is 2. The van der Waals surface area contributed by atoms with E-state index in [1.165, 1.54) is 23.4 Å². The van der Waals surface area contributed by atoms with E-state index < -0.39 is 0 Å². The van der Waals surface area contributed by atoms with Crippen LogP contribution >= 0.6 is 15.9 Å². The maximum absolute atomic E-state index is 5.72. The van der Waals surface area contributed by atoms with E-state index in [1.807, 2.05) is 0 Å². The van der Waals surface area contributed by atoms with Gasteiger partial charge in [0.15, 0.2) is 0 Å². The van der Waals surface area contributed by atoms with Gasteiger partial charge in [0.1, 0.15) is 0 Å². The molecular formula is C17H19BrN2. The molecule has 1 atom stereocenters. The largest absolute Gasteiger partial charge is 0.337 e. The average molecular weight is 331 g/mol. The molecule has 3 heteroatoms. The molecule has 1 aliphatic rings. The highest BCUT2D eigenvalue weighted by atomic mass is 79.9. The predicted molar refractivity (Wildman–Crippen MR) is 88.4 cm³/mol. The Morgan fingerprint density at radius 3 is 2.75 bits per heavy atom. The minimum atomic E-state index is 0.505. The van der Waals surface area contributed by atoms with Crippen molar-refractivity contribution in [2.75, 3.05) is 4.90 Å². The zero-order valence-electron chi connectivity index (χ0n) is 11.6. The molecule has 3 rings (SSSR count). The van der Waals surface area contributed by atoms with Crippen LogP contribution in [0.5, 0.6) is 0 Å². The molecule has 0 aliphatic carbocycles. The Bertz CT molecular complexity index is 624. The van der Waals surface area contributed by atoms with E-state index in [4.69, 9.17) is 5.73 Å². The monoisotopic (exact) mass is 330 g/mol. The Kier molecular flexibility index (Phi) is 3.81. The van der Waals surface area contributed by atoms with Crippen molar-refractivity contribution in [3.63, 3.8) is 0 Å². The molecule has 2 N–H and O–H groups in total. The van der Waals surface area contributed by atoms with Gasteiger partial charge in [0.05, 0.1) is 5.69 Å². The third-order valence-electron chi connectivity index (χ3n) is 4.03. The molecule has 1 heterocycles. The maximum atomic E-state index is 5.72. The minimum absolute atomic E-state index is 0.505. The Morgan fingerprint density at radius 2 is 2.00 bits per heavy atom. The van der Waals surface area contributed by atoms with Crippen LogP contribution in [-0.4, -0.2) is 6.04 Å². The van der Waals surface area contributed by atoms with E-state index in [0.29, 0.717) is 12.6 Å². The van der Waals surface area contributed by atoms with Crippen LogP contribution in [0.4, 0.5) is 11.4 Å². The average Bonchev–Trinajstić information content (AvgIpc) is 2.48. The van der Waals surface area contributed by atoms with Crippen LogP contribution in [0.2, 0.25) is 0 Å². The molecule has 2 nitrogen and oxygen atoms in total. The van der Waals surface area contributed by atoms with Gasteiger partial charge in [-0.1, -0.05) is 24.3 Å². The summed E-state index contributed by atoms with van der Waals surface area (Å²) in [6.45, 7) is 2.87. The Balaban J connectivity index is 2.09. The van der Waals surface area contributed by atoms with Gasteiger partial charge in [-0.05, 0) is 65.0 Å². The summed E-state index contributed by atoms with van der Waals surface area (Å²) in [5, 5.41) is 0. The van der Waals surface area contributed by atoms with Crippen LogP contribution in [0.1, 0.15) is 24.5 Å². The van der Waals surface area contributed by atoms with Crippen LogP contribution in [0.25, 0.3) is 0 Å². The molecule has 1 aliphatic heterocycles. The van der Waals surface area contributed by atoms with Crippen LogP contribution in [0.3, 0.4) is 0 Å². The first-order valence-corrected chi connectivity index (χ1v) is 7.85. The number of aryl methyl sites for hydroxylation is 1. The summed E-state index contributed by atoms with van der Waals surface area (Å²) in [6, 6.07) is 15.6. The van der Waals surface area contributed by atoms with Gasteiger partial charge in [-0.15, -0.1) is 0 Å². The van der Waals surface area contributed by atoms with E-state index in [-0.39, 0.29) is 0 Å². The van der Waals surface area contributed by atoms with Gasteiger partial charge in [0, 0.05) is 22.7 Å². The van der Waals surface area contributed by atoms with Crippen LogP contribution < -0.4 is 10.6 Å². The van der Waals surface area contributed by atoms with Crippen molar-refractivity contribution in [2.24, 2.45) is 5.73 Å². The van der Waals surface area contributed by atoms with Crippen molar-refractivity contribution in [1.29, 1.82) is 0 Å². The minimum Gasteiger partial charge on any atom is -0.337 e. The molecule has 2 aromatic carbocycles. The Hall–Kier alpha value is -1.32. The standard InChI is InChI=1S/C17H19BrN2/c1-12-6-8-14-4-2-3-5-16(14)20(12)17-9-7-13(11-19)10-15(17)18/h2-5,7,9-10,12H,6,8,11,19H2,1H3. The zero-order valence-corrected chi connectivity index (χ0v) is 13.2. The number of anilines is 2. The van der Waals surface area contributed by atoms with Gasteiger partial charge in [-0.2, -0.15) is 0 Å². The van der Waals surface area contributed by atoms with Crippen LogP contribution in [-0.2, 0) is 13.0 Å². The van der Waals surface area contributed by atoms with E-state index in [1.54, 1.807) is 0 Å². The second-order valence-electron chi connectivity index (χ2n) is 5.38. The Morgan fingerprint density at radius 1 is 1.20 bits per heavy atom. The predicted octanol–water partition coefficient (Wildman–Crippen LogP) is 4.38. The lowest BCUT2D eigenvalue weighted by molar-refractivity contribution is 0.617. The van der Waals surface area contributed by atoms with Gasteiger partial charge >= 0.3 is 0 Å². The summed E-state index contributed by atoms with van der Waals surface area (Å²) >= 11 is 3.71. The van der Waals surface area contributed by atoms with Crippen molar-refractivity contribution in [1.82, 2.24) is 0 Å². The van der Waals surface area contributed by atoms with E-state index in [0.717, 1.165) is 16.5 Å². The molecule has 20 heavy (non-hydrogen) atoms. The van der Waals surface area contributed by atoms with E-state index in [9.17, 15) is 0 Å². The highest BCUT2D eigenvalue weighted by Gasteiger charge is 2.25. The Labute approximate surface area is 128 Å². The quantitative estimate of drug-likeness (QED) is 0.885. The van der Waals surface area contributed by atoms with Gasteiger partial charge in [-0.25, -0.2) is 0 Å². The van der Waals surface area contributed by atoms with Gasteiger partial charge < -0.3 is 10.6 Å². The summed E-state index contributed by atoms with van der Waals surface area (Å²) < 4.78 is 1.11. The molecule has 0 saturated carbocycles. The molecule has 0 radical (unpaired) electrons. The third kappa shape index (κ3) is 2.36. The number of hydrogen-bond donors (Lipinski definition) is 1. The number of nitrogens with zero attached hydrogens (tertiary/aromatic N) is 1. The fraction of sp³-hybridized carbons (Fsp3) is 0.294. The first kappa shape index (κ1) is 13.7. The van der Waals surface area contributed by atoms with Crippen LogP contribution in [0.15, 0.2) is 46.9 Å². The topological polar surface area (TPSA) is 29.3 Å². The molecule has 0 amide bonds. The number of hydrogen-bond acceptors (Lipinski definition) is 2. The molecular weight excluding hydrogens is 312 g/mol. The number of fused-ring (bicyclic) bond motifs is 1. The van der Waals surface area contributed by atoms with Gasteiger partial charge in [0.25, 0.3) is 0 Å². The molecule has 0 aromatic heterocycles. The van der Waals surface area contributed by atoms with Gasteiger partial charge in [-0.3, -0.25) is 0 Å². The lowest BCUT2D eigenvalue weighted by atomic mass is 9.96. The SMILES string of the molecule is CC1CCc2ccccc2N1c1ccc(CN)cc1Br. The van der Waals surface area contributed by atoms with Crippen molar-refractivity contribution in [3.8, 4) is 0 Å². The molecule has 0 fully saturated rings. The molecule has 2 aromatic rings. The van der Waals surface area contributed by atoms with E-state index in [2.05, 4.69) is 70.2 Å². The third-order valence-corrected chi connectivity index (χ3v) is 4.67. The summed E-state index contributed by atoms with van der Waals surface area (Å²) in [5.74, 6) is 0. The molecule has 0 bridgehead atoms. The van der Waals surface area contributed by atoms with Crippen molar-refractivity contribution in [2.45, 2.75) is 32.4 Å². The smallest absolute Gasteiger partial charge is 0.0557 e. The normalized spacial score (nSPS) is 17.9. The second kappa shape index (κ2) is 5.58.